The van der Waals surface area contributed by atoms with Gasteiger partial charge in [0.1, 0.15) is 22.3 Å². The van der Waals surface area contributed by atoms with E-state index in [0.717, 1.165) is 82.6 Å². The first-order valence-corrected chi connectivity index (χ1v) is 14.6. The molecule has 0 N–H and O–H groups in total. The van der Waals surface area contributed by atoms with Crippen molar-refractivity contribution in [3.05, 3.63) is 122 Å². The van der Waals surface area contributed by atoms with Crippen molar-refractivity contribution in [1.82, 2.24) is 19.9 Å². The minimum atomic E-state index is 0.629. The third kappa shape index (κ3) is 3.71. The predicted octanol–water partition coefficient (Wildman–Crippen LogP) is 9.97. The van der Waals surface area contributed by atoms with E-state index in [0.29, 0.717) is 17.3 Å². The number of nitrogens with zero attached hydrogens (tertiary/aromatic N) is 4. The molecule has 0 aliphatic heterocycles. The maximum absolute atomic E-state index is 6.23. The van der Waals surface area contributed by atoms with Crippen molar-refractivity contribution < 1.29 is 13.3 Å². The van der Waals surface area contributed by atoms with Crippen LogP contribution in [-0.4, -0.2) is 19.9 Å². The number of furan rings is 3. The van der Waals surface area contributed by atoms with Crippen molar-refractivity contribution in [2.45, 2.75) is 0 Å². The van der Waals surface area contributed by atoms with Gasteiger partial charge in [-0.1, -0.05) is 12.1 Å². The molecule has 0 unspecified atom stereocenters. The second-order valence-corrected chi connectivity index (χ2v) is 11.1. The lowest BCUT2D eigenvalue weighted by molar-refractivity contribution is 0.653. The Labute approximate surface area is 254 Å². The minimum Gasteiger partial charge on any atom is -0.456 e. The van der Waals surface area contributed by atoms with Crippen LogP contribution < -0.4 is 0 Å². The van der Waals surface area contributed by atoms with Gasteiger partial charge in [0, 0.05) is 62.0 Å². The van der Waals surface area contributed by atoms with E-state index in [-0.39, 0.29) is 0 Å². The smallest absolute Gasteiger partial charge is 0.227 e. The molecule has 0 bridgehead atoms. The fourth-order valence-electron chi connectivity index (χ4n) is 6.31. The Bertz CT molecular complexity index is 2790. The molecule has 4 aromatic carbocycles. The molecular weight excluding hydrogens is 560 g/mol. The highest BCUT2D eigenvalue weighted by atomic mass is 16.3. The zero-order valence-corrected chi connectivity index (χ0v) is 23.6. The van der Waals surface area contributed by atoms with Crippen molar-refractivity contribution in [1.29, 1.82) is 0 Å². The van der Waals surface area contributed by atoms with E-state index in [1.807, 2.05) is 66.7 Å². The monoisotopic (exact) mass is 580 g/mol. The second-order valence-electron chi connectivity index (χ2n) is 11.1. The number of aromatic nitrogens is 4. The molecule has 7 heteroatoms. The van der Waals surface area contributed by atoms with E-state index in [4.69, 9.17) is 18.2 Å². The first-order valence-electron chi connectivity index (χ1n) is 14.6. The number of pyridine rings is 2. The lowest BCUT2D eigenvalue weighted by Gasteiger charge is -2.05. The first kappa shape index (κ1) is 24.1. The highest BCUT2D eigenvalue weighted by Gasteiger charge is 2.15. The van der Waals surface area contributed by atoms with Crippen molar-refractivity contribution in [3.8, 4) is 33.8 Å². The van der Waals surface area contributed by atoms with Crippen LogP contribution in [0.5, 0.6) is 0 Å². The minimum absolute atomic E-state index is 0.629. The van der Waals surface area contributed by atoms with E-state index in [9.17, 15) is 0 Å². The SMILES string of the molecule is c1cnc2oc3ccc(-c4ccc5oc6ccc(-c7nccc(-c8ccc9oc%10ncccc%10c9c8)n7)cc6c5c4)cc3c2c1. The van der Waals surface area contributed by atoms with Gasteiger partial charge < -0.3 is 13.3 Å². The Morgan fingerprint density at radius 2 is 0.867 bits per heavy atom. The first-order chi connectivity index (χ1) is 22.2. The molecule has 0 aliphatic rings. The summed E-state index contributed by atoms with van der Waals surface area (Å²) in [6.45, 7) is 0. The van der Waals surface area contributed by atoms with Crippen LogP contribution in [-0.2, 0) is 0 Å². The molecular formula is C38H20N4O3. The van der Waals surface area contributed by atoms with Crippen LogP contribution >= 0.6 is 0 Å². The number of hydrogen-bond acceptors (Lipinski definition) is 7. The highest BCUT2D eigenvalue weighted by Crippen LogP contribution is 2.37. The standard InChI is InChI=1S/C38H20N4O3/c1-3-25-27-17-21(6-10-34(27)44-37(25)40-14-1)22-5-9-32-29(18-22)30-20-24(8-12-33(30)43-32)36-39-16-13-31(42-36)23-7-11-35-28(19-23)26-4-2-15-41-38(26)45-35/h1-20H. The number of fused-ring (bicyclic) bond motifs is 9. The zero-order chi connectivity index (χ0) is 29.5. The van der Waals surface area contributed by atoms with Gasteiger partial charge in [-0.25, -0.2) is 19.9 Å². The molecule has 6 aromatic heterocycles. The van der Waals surface area contributed by atoms with Gasteiger partial charge in [0.2, 0.25) is 11.4 Å². The van der Waals surface area contributed by atoms with Gasteiger partial charge in [0.05, 0.1) is 5.69 Å². The highest BCUT2D eigenvalue weighted by molar-refractivity contribution is 6.09. The van der Waals surface area contributed by atoms with Crippen LogP contribution in [0.1, 0.15) is 0 Å². The zero-order valence-electron chi connectivity index (χ0n) is 23.6. The normalized spacial score (nSPS) is 12.0. The van der Waals surface area contributed by atoms with Crippen molar-refractivity contribution in [3.63, 3.8) is 0 Å². The van der Waals surface area contributed by atoms with Crippen molar-refractivity contribution in [2.24, 2.45) is 0 Å². The topological polar surface area (TPSA) is 91.0 Å². The molecule has 0 radical (unpaired) electrons. The fraction of sp³-hybridized carbons (Fsp3) is 0. The predicted molar refractivity (Wildman–Crippen MR) is 176 cm³/mol. The van der Waals surface area contributed by atoms with Crippen LogP contribution in [0.15, 0.2) is 135 Å². The largest absolute Gasteiger partial charge is 0.456 e. The van der Waals surface area contributed by atoms with Gasteiger partial charge >= 0.3 is 0 Å². The van der Waals surface area contributed by atoms with Gasteiger partial charge in [0.15, 0.2) is 5.82 Å². The number of rotatable bonds is 3. The lowest BCUT2D eigenvalue weighted by atomic mass is 10.0. The lowest BCUT2D eigenvalue weighted by Crippen LogP contribution is -1.91. The summed E-state index contributed by atoms with van der Waals surface area (Å²) in [6.07, 6.45) is 5.29. The number of hydrogen-bond donors (Lipinski definition) is 0. The fourth-order valence-corrected chi connectivity index (χ4v) is 6.31. The molecule has 0 spiro atoms. The Morgan fingerprint density at radius 3 is 1.49 bits per heavy atom. The summed E-state index contributed by atoms with van der Waals surface area (Å²) in [5, 5.41) is 6.08. The van der Waals surface area contributed by atoms with E-state index in [2.05, 4.69) is 51.4 Å². The number of benzene rings is 4. The molecule has 0 aliphatic carbocycles. The molecule has 0 amide bonds. The quantitative estimate of drug-likeness (QED) is 0.205. The Morgan fingerprint density at radius 1 is 0.378 bits per heavy atom. The summed E-state index contributed by atoms with van der Waals surface area (Å²) in [6, 6.07) is 34.6. The molecule has 0 atom stereocenters. The molecule has 0 saturated heterocycles. The summed E-state index contributed by atoms with van der Waals surface area (Å²) in [4.78, 5) is 18.3. The Hall–Kier alpha value is -6.34. The van der Waals surface area contributed by atoms with Crippen molar-refractivity contribution in [2.75, 3.05) is 0 Å². The van der Waals surface area contributed by atoms with Crippen LogP contribution in [0, 0.1) is 0 Å². The summed E-state index contributed by atoms with van der Waals surface area (Å²) in [7, 11) is 0. The van der Waals surface area contributed by atoms with Gasteiger partial charge in [-0.3, -0.25) is 0 Å². The molecule has 210 valence electrons. The maximum Gasteiger partial charge on any atom is 0.227 e. The van der Waals surface area contributed by atoms with E-state index in [1.165, 1.54) is 0 Å². The second kappa shape index (κ2) is 9.08. The molecule has 10 rings (SSSR count). The third-order valence-corrected chi connectivity index (χ3v) is 8.51. The molecule has 7 nitrogen and oxygen atoms in total. The average Bonchev–Trinajstić information content (AvgIpc) is 3.78. The summed E-state index contributed by atoms with van der Waals surface area (Å²) < 4.78 is 18.1. The van der Waals surface area contributed by atoms with Crippen LogP contribution in [0.4, 0.5) is 0 Å². The van der Waals surface area contributed by atoms with E-state index < -0.39 is 0 Å². The van der Waals surface area contributed by atoms with Gasteiger partial charge in [0.25, 0.3) is 0 Å². The van der Waals surface area contributed by atoms with E-state index in [1.54, 1.807) is 18.6 Å². The third-order valence-electron chi connectivity index (χ3n) is 8.51. The molecule has 45 heavy (non-hydrogen) atoms. The molecule has 10 aromatic rings. The van der Waals surface area contributed by atoms with Gasteiger partial charge in [-0.15, -0.1) is 0 Å². The summed E-state index contributed by atoms with van der Waals surface area (Å²) in [5.74, 6) is 0.643. The van der Waals surface area contributed by atoms with Crippen LogP contribution in [0.3, 0.4) is 0 Å². The Balaban J connectivity index is 1.07. The van der Waals surface area contributed by atoms with Gasteiger partial charge in [-0.2, -0.15) is 0 Å². The maximum atomic E-state index is 6.23. The van der Waals surface area contributed by atoms with Crippen LogP contribution in [0.25, 0.3) is 99.8 Å². The van der Waals surface area contributed by atoms with Gasteiger partial charge in [-0.05, 0) is 102 Å². The molecule has 6 heterocycles. The summed E-state index contributed by atoms with van der Waals surface area (Å²) in [5.41, 5.74) is 9.45. The molecule has 0 saturated carbocycles. The average molecular weight is 581 g/mol. The summed E-state index contributed by atoms with van der Waals surface area (Å²) >= 11 is 0. The Kier molecular flexibility index (Phi) is 4.87. The molecule has 0 fully saturated rings. The van der Waals surface area contributed by atoms with E-state index >= 15 is 0 Å². The van der Waals surface area contributed by atoms with Crippen LogP contribution in [0.2, 0.25) is 0 Å². The van der Waals surface area contributed by atoms with Crippen molar-refractivity contribution >= 4 is 66.1 Å².